The molecule has 0 saturated carbocycles. The lowest BCUT2D eigenvalue weighted by molar-refractivity contribution is -0.124. The fourth-order valence-corrected chi connectivity index (χ4v) is 2.46. The summed E-state index contributed by atoms with van der Waals surface area (Å²) in [5.74, 6) is -0.104. The van der Waals surface area contributed by atoms with Crippen LogP contribution in [0.2, 0.25) is 0 Å². The second-order valence-electron chi connectivity index (χ2n) is 7.19. The number of rotatable bonds is 10. The van der Waals surface area contributed by atoms with E-state index < -0.39 is 6.67 Å². The van der Waals surface area contributed by atoms with E-state index in [2.05, 4.69) is 16.0 Å². The van der Waals surface area contributed by atoms with Crippen LogP contribution in [0, 0.1) is 5.41 Å². The maximum absolute atomic E-state index is 12.5. The van der Waals surface area contributed by atoms with Crippen LogP contribution in [0.15, 0.2) is 30.3 Å². The summed E-state index contributed by atoms with van der Waals surface area (Å²) in [6.07, 6.45) is 2.30. The van der Waals surface area contributed by atoms with E-state index in [1.807, 2.05) is 51.1 Å². The van der Waals surface area contributed by atoms with Gasteiger partial charge in [0.05, 0.1) is 6.04 Å². The molecule has 0 aliphatic heterocycles. The zero-order valence-corrected chi connectivity index (χ0v) is 15.5. The monoisotopic (exact) mass is 350 g/mol. The second-order valence-corrected chi connectivity index (χ2v) is 7.19. The number of alkyl halides is 1. The number of nitrogens with one attached hydrogen (secondary N) is 4. The molecule has 0 spiro atoms. The molecule has 1 atom stereocenters. The smallest absolute Gasteiger partial charge is 0.237 e. The minimum absolute atomic E-state index is 0.0109. The Kier molecular flexibility index (Phi) is 9.13. The van der Waals surface area contributed by atoms with E-state index in [1.54, 1.807) is 0 Å². The van der Waals surface area contributed by atoms with Crippen LogP contribution in [0.5, 0.6) is 0 Å². The Hall–Kier alpha value is -1.95. The Morgan fingerprint density at radius 3 is 2.44 bits per heavy atom. The summed E-state index contributed by atoms with van der Waals surface area (Å²) in [7, 11) is 0. The van der Waals surface area contributed by atoms with Gasteiger partial charge in [0.25, 0.3) is 0 Å². The van der Waals surface area contributed by atoms with Crippen LogP contribution in [0.3, 0.4) is 0 Å². The molecule has 1 rings (SSSR count). The van der Waals surface area contributed by atoms with Crippen molar-refractivity contribution in [2.24, 2.45) is 0 Å². The number of hydrogen-bond acceptors (Lipinski definition) is 3. The molecule has 0 unspecified atom stereocenters. The van der Waals surface area contributed by atoms with Crippen LogP contribution < -0.4 is 16.0 Å². The third-order valence-corrected chi connectivity index (χ3v) is 3.62. The summed E-state index contributed by atoms with van der Waals surface area (Å²) in [6.45, 7) is 6.40. The zero-order valence-electron chi connectivity index (χ0n) is 15.5. The maximum atomic E-state index is 12.5. The normalized spacial score (nSPS) is 12.5. The topological polar surface area (TPSA) is 77.0 Å². The first kappa shape index (κ1) is 21.1. The largest absolute Gasteiger partial charge is 0.372 e. The summed E-state index contributed by atoms with van der Waals surface area (Å²) in [4.78, 5) is 12.5. The van der Waals surface area contributed by atoms with Gasteiger partial charge in [-0.2, -0.15) is 0 Å². The highest BCUT2D eigenvalue weighted by atomic mass is 19.1. The first-order valence-corrected chi connectivity index (χ1v) is 8.78. The molecule has 6 heteroatoms. The van der Waals surface area contributed by atoms with Crippen LogP contribution in [-0.2, 0) is 11.3 Å². The first-order chi connectivity index (χ1) is 11.8. The highest BCUT2D eigenvalue weighted by Gasteiger charge is 2.23. The molecule has 0 aliphatic rings. The van der Waals surface area contributed by atoms with Gasteiger partial charge in [-0.15, -0.1) is 0 Å². The van der Waals surface area contributed by atoms with E-state index in [0.29, 0.717) is 19.5 Å². The van der Waals surface area contributed by atoms with Crippen molar-refractivity contribution in [2.45, 2.75) is 58.2 Å². The number of carbonyl (C=O) groups excluding carboxylic acids is 1. The van der Waals surface area contributed by atoms with E-state index in [-0.39, 0.29) is 23.3 Å². The summed E-state index contributed by atoms with van der Waals surface area (Å²) < 4.78 is 12.2. The number of benzene rings is 1. The van der Waals surface area contributed by atoms with Gasteiger partial charge in [-0.25, -0.2) is 4.39 Å². The zero-order chi connectivity index (χ0) is 18.7. The third-order valence-electron chi connectivity index (χ3n) is 3.62. The van der Waals surface area contributed by atoms with Crippen molar-refractivity contribution < 1.29 is 9.18 Å². The van der Waals surface area contributed by atoms with Crippen molar-refractivity contribution in [3.8, 4) is 0 Å². The van der Waals surface area contributed by atoms with Gasteiger partial charge in [0, 0.05) is 18.6 Å². The third kappa shape index (κ3) is 9.82. The van der Waals surface area contributed by atoms with Crippen molar-refractivity contribution in [3.05, 3.63) is 35.9 Å². The maximum Gasteiger partial charge on any atom is 0.237 e. The number of amidine groups is 1. The van der Waals surface area contributed by atoms with Gasteiger partial charge < -0.3 is 16.0 Å². The molecular formula is C19H31FN4O. The predicted octanol–water partition coefficient (Wildman–Crippen LogP) is 2.77. The predicted molar refractivity (Wildman–Crippen MR) is 101 cm³/mol. The fraction of sp³-hybridized carbons (Fsp3) is 0.579. The number of halogens is 1. The van der Waals surface area contributed by atoms with Gasteiger partial charge in [0.15, 0.2) is 0 Å². The van der Waals surface area contributed by atoms with Gasteiger partial charge in [-0.1, -0.05) is 30.3 Å². The Balaban J connectivity index is 2.45. The summed E-state index contributed by atoms with van der Waals surface area (Å²) in [6, 6.07) is 9.55. The SMILES string of the molecule is CC(C)(C)N[C@@H](CCCCNC(=N)CF)C(=O)NCc1ccccc1. The van der Waals surface area contributed by atoms with E-state index >= 15 is 0 Å². The number of carbonyl (C=O) groups is 1. The summed E-state index contributed by atoms with van der Waals surface area (Å²) in [5.41, 5.74) is 0.905. The molecule has 0 fully saturated rings. The quantitative estimate of drug-likeness (QED) is 0.298. The van der Waals surface area contributed by atoms with E-state index in [1.165, 1.54) is 0 Å². The molecule has 4 N–H and O–H groups in total. The van der Waals surface area contributed by atoms with Crippen molar-refractivity contribution in [3.63, 3.8) is 0 Å². The number of hydrogen-bond donors (Lipinski definition) is 4. The van der Waals surface area contributed by atoms with E-state index in [0.717, 1.165) is 18.4 Å². The molecule has 1 aromatic carbocycles. The highest BCUT2D eigenvalue weighted by molar-refractivity contribution is 5.81. The molecule has 0 radical (unpaired) electrons. The lowest BCUT2D eigenvalue weighted by Gasteiger charge is -2.28. The lowest BCUT2D eigenvalue weighted by atomic mass is 10.0. The molecule has 25 heavy (non-hydrogen) atoms. The average Bonchev–Trinajstić information content (AvgIpc) is 2.58. The van der Waals surface area contributed by atoms with Crippen LogP contribution >= 0.6 is 0 Å². The van der Waals surface area contributed by atoms with Crippen LogP contribution in [-0.4, -0.2) is 36.5 Å². The molecule has 1 amide bonds. The van der Waals surface area contributed by atoms with Gasteiger partial charge in [0.2, 0.25) is 5.91 Å². The minimum Gasteiger partial charge on any atom is -0.372 e. The van der Waals surface area contributed by atoms with Crippen molar-refractivity contribution in [1.82, 2.24) is 16.0 Å². The van der Waals surface area contributed by atoms with Crippen LogP contribution in [0.1, 0.15) is 45.6 Å². The molecule has 0 saturated heterocycles. The van der Waals surface area contributed by atoms with Crippen molar-refractivity contribution in [1.29, 1.82) is 5.41 Å². The van der Waals surface area contributed by atoms with Crippen LogP contribution in [0.4, 0.5) is 4.39 Å². The summed E-state index contributed by atoms with van der Waals surface area (Å²) in [5, 5.41) is 16.3. The Morgan fingerprint density at radius 2 is 1.84 bits per heavy atom. The van der Waals surface area contributed by atoms with Crippen LogP contribution in [0.25, 0.3) is 0 Å². The molecule has 0 aliphatic carbocycles. The Morgan fingerprint density at radius 1 is 1.16 bits per heavy atom. The number of amides is 1. The molecule has 0 aromatic heterocycles. The first-order valence-electron chi connectivity index (χ1n) is 8.78. The molecule has 5 nitrogen and oxygen atoms in total. The van der Waals surface area contributed by atoms with Crippen molar-refractivity contribution >= 4 is 11.7 Å². The molecular weight excluding hydrogens is 319 g/mol. The van der Waals surface area contributed by atoms with Gasteiger partial charge in [0.1, 0.15) is 12.5 Å². The van der Waals surface area contributed by atoms with Gasteiger partial charge >= 0.3 is 0 Å². The Bertz CT molecular complexity index is 528. The standard InChI is InChI=1S/C19H31FN4O/c1-19(2,3)24-16(11-7-8-12-22-17(21)13-20)18(25)23-14-15-9-5-4-6-10-15/h4-6,9-10,16,24H,7-8,11-14H2,1-3H3,(H2,21,22)(H,23,25)/t16-/m0/s1. The molecule has 1 aromatic rings. The second kappa shape index (κ2) is 10.8. The van der Waals surface area contributed by atoms with E-state index in [9.17, 15) is 9.18 Å². The highest BCUT2D eigenvalue weighted by Crippen LogP contribution is 2.08. The van der Waals surface area contributed by atoms with E-state index in [4.69, 9.17) is 5.41 Å². The van der Waals surface area contributed by atoms with Crippen molar-refractivity contribution in [2.75, 3.05) is 13.2 Å². The lowest BCUT2D eigenvalue weighted by Crippen LogP contribution is -2.51. The Labute approximate surface area is 150 Å². The average molecular weight is 350 g/mol. The fourth-order valence-electron chi connectivity index (χ4n) is 2.46. The number of unbranched alkanes of at least 4 members (excludes halogenated alkanes) is 1. The van der Waals surface area contributed by atoms with Gasteiger partial charge in [-0.05, 0) is 45.6 Å². The molecule has 0 bridgehead atoms. The minimum atomic E-state index is -0.768. The van der Waals surface area contributed by atoms with Gasteiger partial charge in [-0.3, -0.25) is 10.2 Å². The summed E-state index contributed by atoms with van der Waals surface area (Å²) >= 11 is 0. The molecule has 140 valence electrons. The molecule has 0 heterocycles.